The highest BCUT2D eigenvalue weighted by atomic mass is 31.2. The van der Waals surface area contributed by atoms with Gasteiger partial charge in [-0.3, -0.25) is 0 Å². The van der Waals surface area contributed by atoms with Crippen molar-refractivity contribution in [3.05, 3.63) is 115 Å². The Balaban J connectivity index is 1.66. The topological polar surface area (TPSA) is 35.5 Å². The average molecular weight is 458 g/mol. The van der Waals surface area contributed by atoms with Crippen molar-refractivity contribution in [1.82, 2.24) is 0 Å². The van der Waals surface area contributed by atoms with Crippen molar-refractivity contribution in [2.24, 2.45) is 0 Å². The fourth-order valence-corrected chi connectivity index (χ4v) is 8.09. The summed E-state index contributed by atoms with van der Waals surface area (Å²) in [6, 6.07) is 37.6. The van der Waals surface area contributed by atoms with E-state index in [9.17, 15) is 0 Å². The number of rotatable bonds is 2. The SMILES string of the molecule is O=P12c3ccccc3Oc3c(-c4ccccc4)cc(-c4ccccc4)c(c31)Oc1ccccc12. The van der Waals surface area contributed by atoms with Gasteiger partial charge >= 0.3 is 0 Å². The zero-order valence-corrected chi connectivity index (χ0v) is 19.0. The van der Waals surface area contributed by atoms with E-state index < -0.39 is 7.14 Å². The maximum Gasteiger partial charge on any atom is 0.185 e. The van der Waals surface area contributed by atoms with Crippen LogP contribution in [0.25, 0.3) is 22.3 Å². The molecule has 5 aromatic carbocycles. The zero-order chi connectivity index (χ0) is 22.7. The molecule has 0 saturated carbocycles. The molecule has 2 aliphatic rings. The van der Waals surface area contributed by atoms with Crippen LogP contribution in [-0.4, -0.2) is 0 Å². The van der Waals surface area contributed by atoms with Crippen LogP contribution in [0.15, 0.2) is 115 Å². The van der Waals surface area contributed by atoms with Gasteiger partial charge in [0.25, 0.3) is 0 Å². The molecule has 0 unspecified atom stereocenters. The van der Waals surface area contributed by atoms with Crippen molar-refractivity contribution in [3.63, 3.8) is 0 Å². The fourth-order valence-electron chi connectivity index (χ4n) is 4.99. The van der Waals surface area contributed by atoms with Crippen LogP contribution in [0, 0.1) is 0 Å². The van der Waals surface area contributed by atoms with Crippen LogP contribution in [0.1, 0.15) is 0 Å². The number of benzene rings is 5. The van der Waals surface area contributed by atoms with Gasteiger partial charge in [-0.2, -0.15) is 0 Å². The van der Waals surface area contributed by atoms with Gasteiger partial charge in [0.2, 0.25) is 0 Å². The maximum atomic E-state index is 15.3. The highest BCUT2D eigenvalue weighted by molar-refractivity contribution is 7.86. The molecule has 34 heavy (non-hydrogen) atoms. The molecular formula is C30H19O3P. The maximum absolute atomic E-state index is 15.3. The van der Waals surface area contributed by atoms with Gasteiger partial charge in [0.05, 0.1) is 10.6 Å². The van der Waals surface area contributed by atoms with Gasteiger partial charge in [0.1, 0.15) is 28.3 Å². The first-order valence-electron chi connectivity index (χ1n) is 11.2. The lowest BCUT2D eigenvalue weighted by molar-refractivity contribution is 0.464. The van der Waals surface area contributed by atoms with Gasteiger partial charge in [-0.05, 0) is 41.5 Å². The minimum absolute atomic E-state index is 0.609. The molecule has 5 aromatic rings. The molecule has 0 N–H and O–H groups in total. The summed E-state index contributed by atoms with van der Waals surface area (Å²) in [7, 11) is -3.26. The number of para-hydroxylation sites is 2. The molecule has 0 radical (unpaired) electrons. The molecule has 3 nitrogen and oxygen atoms in total. The smallest absolute Gasteiger partial charge is 0.185 e. The summed E-state index contributed by atoms with van der Waals surface area (Å²) in [5, 5.41) is 2.07. The van der Waals surface area contributed by atoms with Gasteiger partial charge in [-0.15, -0.1) is 0 Å². The Hall–Kier alpha value is -4.07. The molecule has 0 fully saturated rings. The van der Waals surface area contributed by atoms with Crippen molar-refractivity contribution in [2.75, 3.05) is 0 Å². The second-order valence-corrected chi connectivity index (χ2v) is 11.1. The van der Waals surface area contributed by atoms with Crippen LogP contribution in [0.2, 0.25) is 0 Å². The molecule has 0 spiro atoms. The second kappa shape index (κ2) is 7.21. The zero-order valence-electron chi connectivity index (χ0n) is 18.1. The Morgan fingerprint density at radius 1 is 0.500 bits per heavy atom. The van der Waals surface area contributed by atoms with E-state index >= 15 is 4.57 Å². The minimum atomic E-state index is -3.26. The number of hydrogen-bond donors (Lipinski definition) is 0. The molecule has 0 bridgehead atoms. The van der Waals surface area contributed by atoms with Crippen LogP contribution >= 0.6 is 7.14 Å². The Bertz CT molecular complexity index is 1510. The third kappa shape index (κ3) is 2.62. The summed E-state index contributed by atoms with van der Waals surface area (Å²) in [4.78, 5) is 0. The van der Waals surface area contributed by atoms with Gasteiger partial charge in [0.15, 0.2) is 7.14 Å². The third-order valence-corrected chi connectivity index (χ3v) is 9.66. The standard InChI is InChI=1S/C30H19O3P/c31-34-26-17-9-7-15-24(26)32-28-22(20-11-3-1-4-12-20)19-23(21-13-5-2-6-14-21)29(30(28)34)33-25-16-8-10-18-27(25)34/h1-19H. The van der Waals surface area contributed by atoms with E-state index in [0.717, 1.165) is 22.3 Å². The van der Waals surface area contributed by atoms with Crippen molar-refractivity contribution >= 4 is 23.1 Å². The second-order valence-electron chi connectivity index (χ2n) is 8.46. The molecule has 0 aromatic heterocycles. The van der Waals surface area contributed by atoms with E-state index in [-0.39, 0.29) is 0 Å². The lowest BCUT2D eigenvalue weighted by Crippen LogP contribution is -2.35. The molecule has 4 heteroatoms. The Kier molecular flexibility index (Phi) is 4.12. The predicted octanol–water partition coefficient (Wildman–Crippen LogP) is 6.87. The van der Waals surface area contributed by atoms with Crippen molar-refractivity contribution < 1.29 is 14.0 Å². The summed E-state index contributed by atoms with van der Waals surface area (Å²) in [5.74, 6) is 2.48. The largest absolute Gasteiger partial charge is 0.455 e. The average Bonchev–Trinajstić information content (AvgIpc) is 2.90. The van der Waals surface area contributed by atoms with Gasteiger partial charge in [-0.1, -0.05) is 84.9 Å². The van der Waals surface area contributed by atoms with Gasteiger partial charge < -0.3 is 14.0 Å². The molecule has 0 saturated heterocycles. The van der Waals surface area contributed by atoms with Crippen molar-refractivity contribution in [1.29, 1.82) is 0 Å². The van der Waals surface area contributed by atoms with Crippen LogP contribution in [0.5, 0.6) is 23.0 Å². The molecule has 162 valence electrons. The molecule has 0 amide bonds. The fraction of sp³-hybridized carbons (Fsp3) is 0. The summed E-state index contributed by atoms with van der Waals surface area (Å²) in [6.45, 7) is 0. The summed E-state index contributed by atoms with van der Waals surface area (Å²) in [5.41, 5.74) is 3.80. The van der Waals surface area contributed by atoms with E-state index in [1.165, 1.54) is 0 Å². The number of hydrogen-bond acceptors (Lipinski definition) is 3. The summed E-state index contributed by atoms with van der Waals surface area (Å²) < 4.78 is 28.4. The molecule has 0 aliphatic carbocycles. The molecule has 2 aliphatic heterocycles. The van der Waals surface area contributed by atoms with Crippen molar-refractivity contribution in [3.8, 4) is 45.3 Å². The minimum Gasteiger partial charge on any atom is -0.455 e. The molecule has 7 rings (SSSR count). The van der Waals surface area contributed by atoms with Crippen molar-refractivity contribution in [2.45, 2.75) is 0 Å². The summed E-state index contributed by atoms with van der Waals surface area (Å²) in [6.07, 6.45) is 0. The first-order valence-corrected chi connectivity index (χ1v) is 12.9. The number of ether oxygens (including phenoxy) is 2. The van der Waals surface area contributed by atoms with E-state index in [1.807, 2.05) is 84.9 Å². The highest BCUT2D eigenvalue weighted by Crippen LogP contribution is 2.61. The van der Waals surface area contributed by atoms with E-state index in [0.29, 0.717) is 38.9 Å². The monoisotopic (exact) mass is 458 g/mol. The van der Waals surface area contributed by atoms with Crippen LogP contribution in [0.4, 0.5) is 0 Å². The Labute approximate surface area is 197 Å². The lowest BCUT2D eigenvalue weighted by Gasteiger charge is -2.36. The normalized spacial score (nSPS) is 14.1. The lowest BCUT2D eigenvalue weighted by atomic mass is 9.96. The number of fused-ring (bicyclic) bond motifs is 4. The van der Waals surface area contributed by atoms with Gasteiger partial charge in [-0.25, -0.2) is 0 Å². The molecule has 0 atom stereocenters. The first-order chi connectivity index (χ1) is 16.7. The molecule has 2 heterocycles. The predicted molar refractivity (Wildman–Crippen MR) is 137 cm³/mol. The van der Waals surface area contributed by atoms with E-state index in [4.69, 9.17) is 9.47 Å². The Morgan fingerprint density at radius 2 is 0.912 bits per heavy atom. The van der Waals surface area contributed by atoms with Crippen LogP contribution in [-0.2, 0) is 4.57 Å². The van der Waals surface area contributed by atoms with Crippen LogP contribution < -0.4 is 25.4 Å². The van der Waals surface area contributed by atoms with E-state index in [2.05, 4.69) is 30.3 Å². The highest BCUT2D eigenvalue weighted by Gasteiger charge is 2.48. The third-order valence-electron chi connectivity index (χ3n) is 6.53. The summed E-state index contributed by atoms with van der Waals surface area (Å²) >= 11 is 0. The first kappa shape index (κ1) is 19.4. The Morgan fingerprint density at radius 3 is 1.38 bits per heavy atom. The van der Waals surface area contributed by atoms with Crippen LogP contribution in [0.3, 0.4) is 0 Å². The quantitative estimate of drug-likeness (QED) is 0.265. The van der Waals surface area contributed by atoms with E-state index in [1.54, 1.807) is 0 Å². The van der Waals surface area contributed by atoms with Gasteiger partial charge in [0, 0.05) is 11.1 Å². The molecular weight excluding hydrogens is 439 g/mol.